The van der Waals surface area contributed by atoms with E-state index in [4.69, 9.17) is 57.9 Å². The van der Waals surface area contributed by atoms with Gasteiger partial charge < -0.3 is 28.4 Å². The van der Waals surface area contributed by atoms with Crippen LogP contribution in [0.1, 0.15) is 41.5 Å². The molecule has 490 valence electrons. The third-order valence-electron chi connectivity index (χ3n) is 17.6. The first-order valence-corrected chi connectivity index (χ1v) is 40.6. The number of carboxylic acid groups (broad SMARTS) is 1. The molecular formula is C64H83N11O14Si3. The fraction of sp³-hybridized carbons (Fsp3) is 0.453. The van der Waals surface area contributed by atoms with E-state index >= 15 is 0 Å². The van der Waals surface area contributed by atoms with Gasteiger partial charge in [0.25, 0.3) is 0 Å². The van der Waals surface area contributed by atoms with Crippen LogP contribution in [0.25, 0.3) is 21.5 Å². The Bertz CT molecular complexity index is 3930. The van der Waals surface area contributed by atoms with Crippen LogP contribution in [0.3, 0.4) is 0 Å². The molecule has 3 N–H and O–H groups in total. The van der Waals surface area contributed by atoms with Crippen molar-refractivity contribution in [3.05, 3.63) is 130 Å². The fourth-order valence-electron chi connectivity index (χ4n) is 14.2. The number of aliphatic carboxylic acids is 1. The summed E-state index contributed by atoms with van der Waals surface area (Å²) >= 11 is 0. The zero-order chi connectivity index (χ0) is 64.2. The van der Waals surface area contributed by atoms with E-state index in [1.165, 1.54) is 0 Å². The molecule has 2 aromatic heterocycles. The van der Waals surface area contributed by atoms with Gasteiger partial charge in [-0.15, -0.1) is 0 Å². The standard InChI is InChI=1S/C64H83N11O14Si3/c1-80-34-36-84-40-38-82-32-29-71(30-33-83-39-41-85-37-35-81-2)28-17-31-87-64(79)66-27-16-43-91(5,6)89-92(88-90(3,4)42-15-26-65-54(76)44-86-45-55(77)78)72-56-46-18-7-8-19-47(46)57(72)68-59-50-22-11-12-23-51(50)61(74(59)92)70-63-53-25-14-13-24-52(53)62(75(63)92)69-60-49-21-10-9-20-48(49)58(67-56)73(60)92/h7-14,18-25H,15-17,26-45H2,1-6H3,(H,65,76)(H,66,79)(H,77,78). The number of aromatic nitrogens is 2. The predicted octanol–water partition coefficient (Wildman–Crippen LogP) is 5.54. The number of nitrogens with one attached hydrogen (secondary N) is 2. The second-order valence-corrected chi connectivity index (χ2v) is 39.1. The predicted molar refractivity (Wildman–Crippen MR) is 352 cm³/mol. The van der Waals surface area contributed by atoms with E-state index in [1.54, 1.807) is 14.2 Å². The van der Waals surface area contributed by atoms with Gasteiger partial charge in [-0.1, -0.05) is 0 Å². The molecule has 8 heterocycles. The Hall–Kier alpha value is -7.30. The minimum absolute atomic E-state index is 0.207. The third kappa shape index (κ3) is 11.2. The maximum Gasteiger partial charge on any atom is 0.0701 e. The molecule has 6 aliphatic rings. The summed E-state index contributed by atoms with van der Waals surface area (Å²) in [6.45, 7) is 15.7. The van der Waals surface area contributed by atoms with Gasteiger partial charge in [-0.3, -0.25) is 0 Å². The van der Waals surface area contributed by atoms with Crippen LogP contribution in [0.4, 0.5) is 16.4 Å². The number of alkyl carbamates (subject to hydrolysis) is 1. The Balaban J connectivity index is 0.894. The number of aliphatic imine (C=N–C) groups is 2. The zero-order valence-electron chi connectivity index (χ0n) is 53.3. The van der Waals surface area contributed by atoms with Crippen LogP contribution < -0.4 is 21.6 Å². The van der Waals surface area contributed by atoms with Crippen molar-refractivity contribution in [2.45, 2.75) is 57.5 Å². The third-order valence-corrected chi connectivity index (χ3v) is 34.3. The summed E-state index contributed by atoms with van der Waals surface area (Å²) in [6, 6.07) is 34.1. The maximum absolute atomic E-state index is 13.7. The van der Waals surface area contributed by atoms with Crippen molar-refractivity contribution >= 4 is 98.9 Å². The SMILES string of the molecule is COCCOCCOCCN(CCCOC(=O)NCCC[Si](C)(C)O[Si-2]123(O[Si](C)(C)CCCNC(=O)COCC(=O)O)n4c5c6ccccc6c4N=C4c6ccccc6C(=[N+]41)N=c1c4ccccc4c(n12)=NC1=[N+]3C(=N5)c2ccccc21)CCOCCOCCOC. The number of ether oxygens (including phenoxy) is 8. The van der Waals surface area contributed by atoms with Crippen molar-refractivity contribution in [3.63, 3.8) is 0 Å². The van der Waals surface area contributed by atoms with E-state index in [0.717, 1.165) is 43.8 Å². The minimum atomic E-state index is -7.03. The van der Waals surface area contributed by atoms with Gasteiger partial charge >= 0.3 is 416 Å². The number of amidine groups is 4. The number of carbonyl (C=O) groups is 3. The first-order chi connectivity index (χ1) is 44.6. The molecule has 6 aromatic rings. The van der Waals surface area contributed by atoms with Crippen molar-refractivity contribution in [1.29, 1.82) is 0 Å². The van der Waals surface area contributed by atoms with Gasteiger partial charge in [-0.05, 0) is 0 Å². The van der Waals surface area contributed by atoms with Crippen LogP contribution in [0, 0.1) is 0 Å². The maximum atomic E-state index is 13.7. The van der Waals surface area contributed by atoms with E-state index < -0.39 is 49.0 Å². The number of carbonyl (C=O) groups excluding carboxylic acids is 2. The largest absolute Gasteiger partial charge is 0.382 e. The number of hydrogen-bond donors (Lipinski definition) is 3. The van der Waals surface area contributed by atoms with Gasteiger partial charge in [0, 0.05) is 27.3 Å². The molecule has 0 saturated heterocycles. The van der Waals surface area contributed by atoms with Gasteiger partial charge in [0.2, 0.25) is 0 Å². The van der Waals surface area contributed by atoms with E-state index in [0.29, 0.717) is 170 Å². The Morgan fingerprint density at radius 1 is 0.511 bits per heavy atom. The fourth-order valence-corrected chi connectivity index (χ4v) is 36.4. The van der Waals surface area contributed by atoms with Gasteiger partial charge in [0.05, 0.1) is 66.1 Å². The molecule has 1 spiro atoms. The number of rotatable bonds is 38. The normalized spacial score (nSPS) is 16.9. The summed E-state index contributed by atoms with van der Waals surface area (Å²) in [4.78, 5) is 63.5. The molecule has 0 aliphatic carbocycles. The van der Waals surface area contributed by atoms with Crippen LogP contribution in [0.5, 0.6) is 0 Å². The van der Waals surface area contributed by atoms with Crippen LogP contribution in [-0.2, 0) is 55.7 Å². The van der Waals surface area contributed by atoms with Gasteiger partial charge in [0.15, 0.2) is 0 Å². The Morgan fingerprint density at radius 2 is 0.957 bits per heavy atom. The molecule has 25 nitrogen and oxygen atoms in total. The summed E-state index contributed by atoms with van der Waals surface area (Å²) in [5.74, 6) is 2.15. The summed E-state index contributed by atoms with van der Waals surface area (Å²) in [7, 11) is -10.5. The minimum Gasteiger partial charge on any atom is -0.382 e. The first-order valence-electron chi connectivity index (χ1n) is 31.8. The molecule has 0 unspecified atom stereocenters. The molecule has 0 radical (unpaired) electrons. The Labute approximate surface area is 535 Å². The van der Waals surface area contributed by atoms with E-state index in [1.807, 2.05) is 48.5 Å². The number of methoxy groups -OCH3 is 2. The number of hydrogen-bond acceptors (Lipinski definition) is 18. The molecule has 0 bridgehead atoms. The van der Waals surface area contributed by atoms with Gasteiger partial charge in [-0.2, -0.15) is 0 Å². The van der Waals surface area contributed by atoms with Crippen molar-refractivity contribution in [1.82, 2.24) is 24.0 Å². The molecule has 0 fully saturated rings. The zero-order valence-corrected chi connectivity index (χ0v) is 56.3. The molecule has 0 saturated carbocycles. The monoisotopic (exact) mass is 1310 g/mol. The molecule has 28 heteroatoms. The van der Waals surface area contributed by atoms with Gasteiger partial charge in [0.1, 0.15) is 0 Å². The average molecular weight is 1310 g/mol. The van der Waals surface area contributed by atoms with Crippen LogP contribution >= 0.6 is 0 Å². The number of amides is 2. The molecule has 92 heavy (non-hydrogen) atoms. The van der Waals surface area contributed by atoms with Crippen molar-refractivity contribution in [2.24, 2.45) is 20.0 Å². The van der Waals surface area contributed by atoms with E-state index in [-0.39, 0.29) is 19.8 Å². The molecule has 12 rings (SSSR count). The summed E-state index contributed by atoms with van der Waals surface area (Å²) < 4.78 is 71.6. The van der Waals surface area contributed by atoms with Crippen molar-refractivity contribution < 1.29 is 74.1 Å². The number of benzene rings is 4. The molecule has 4 aromatic carbocycles. The van der Waals surface area contributed by atoms with Crippen molar-refractivity contribution in [2.75, 3.05) is 133 Å². The average Bonchev–Trinajstić information content (AvgIpc) is 1.27. The number of carboxylic acids is 1. The van der Waals surface area contributed by atoms with Crippen LogP contribution in [-0.4, -0.2) is 225 Å². The van der Waals surface area contributed by atoms with Crippen LogP contribution in [0.2, 0.25) is 38.3 Å². The topological polar surface area (TPSA) is 256 Å². The quantitative estimate of drug-likeness (QED) is 0.0318. The van der Waals surface area contributed by atoms with Gasteiger partial charge in [-0.25, -0.2) is 0 Å². The first kappa shape index (κ1) is 64.8. The van der Waals surface area contributed by atoms with Crippen molar-refractivity contribution in [3.8, 4) is 0 Å². The summed E-state index contributed by atoms with van der Waals surface area (Å²) in [5.41, 5.74) is 4.68. The molecular weight excluding hydrogens is 1230 g/mol. The second-order valence-electron chi connectivity index (χ2n) is 24.8. The van der Waals surface area contributed by atoms with E-state index in [9.17, 15) is 27.7 Å². The summed E-state index contributed by atoms with van der Waals surface area (Å²) in [6.07, 6.45) is 1.11. The molecule has 2 amide bonds. The van der Waals surface area contributed by atoms with Crippen LogP contribution in [0.15, 0.2) is 117 Å². The van der Waals surface area contributed by atoms with E-state index in [2.05, 4.69) is 107 Å². The molecule has 0 atom stereocenters. The Morgan fingerprint density at radius 3 is 1.45 bits per heavy atom. The second kappa shape index (κ2) is 26.6. The number of fused-ring (bicyclic) bond motifs is 12. The molecule has 6 aliphatic heterocycles. The summed E-state index contributed by atoms with van der Waals surface area (Å²) in [5, 5.41) is 18.7. The smallest absolute Gasteiger partial charge is 0.0701 e. The Kier molecular flexibility index (Phi) is 18.7. The number of nitrogens with zero attached hydrogens (tertiary/aromatic N) is 9.